The van der Waals surface area contributed by atoms with Crippen LogP contribution in [-0.4, -0.2) is 12.4 Å². The van der Waals surface area contributed by atoms with E-state index in [1.54, 1.807) is 6.92 Å². The average molecular weight is 375 g/mol. The Balaban J connectivity index is 2.17. The van der Waals surface area contributed by atoms with Crippen molar-refractivity contribution in [2.45, 2.75) is 26.4 Å². The zero-order chi connectivity index (χ0) is 18.1. The lowest BCUT2D eigenvalue weighted by molar-refractivity contribution is 0.198. The van der Waals surface area contributed by atoms with Crippen LogP contribution in [0, 0.1) is 11.3 Å². The fourth-order valence-corrected chi connectivity index (χ4v) is 5.77. The summed E-state index contributed by atoms with van der Waals surface area (Å²) in [6, 6.07) is 19.6. The maximum absolute atomic E-state index is 12.8. The highest BCUT2D eigenvalue weighted by molar-refractivity contribution is 8.55. The molecule has 0 radical (unpaired) electrons. The van der Waals surface area contributed by atoms with Gasteiger partial charge in [-0.15, -0.1) is 0 Å². The molecule has 0 saturated heterocycles. The summed E-state index contributed by atoms with van der Waals surface area (Å²) in [5.41, 5.74) is 2.82. The molecule has 25 heavy (non-hydrogen) atoms. The highest BCUT2D eigenvalue weighted by atomic mass is 32.7. The van der Waals surface area contributed by atoms with Gasteiger partial charge in [0.1, 0.15) is 0 Å². The quantitative estimate of drug-likeness (QED) is 0.487. The molecule has 6 heteroatoms. The van der Waals surface area contributed by atoms with Crippen LogP contribution in [0.1, 0.15) is 31.9 Å². The Morgan fingerprint density at radius 1 is 1.08 bits per heavy atom. The Morgan fingerprint density at radius 3 is 2.28 bits per heavy atom. The summed E-state index contributed by atoms with van der Waals surface area (Å²) in [4.78, 5) is 0. The maximum Gasteiger partial charge on any atom is 0.390 e. The van der Waals surface area contributed by atoms with Gasteiger partial charge in [-0.1, -0.05) is 61.5 Å². The van der Waals surface area contributed by atoms with Gasteiger partial charge in [0.15, 0.2) is 6.10 Å². The Kier molecular flexibility index (Phi) is 7.74. The fraction of sp³-hybridized carbons (Fsp3) is 0.316. The zero-order valence-electron chi connectivity index (χ0n) is 14.4. The molecule has 0 aliphatic heterocycles. The standard InChI is InChI=1S/C19H22NO3PS/c1-3-14-25-24(21,22-4-2)23-19(15-20)18-12-10-17(11-13-18)16-8-6-5-7-9-16/h5-13,19H,3-4,14H2,1-2H3. The number of benzene rings is 2. The first-order valence-electron chi connectivity index (χ1n) is 8.24. The third-order valence-corrected chi connectivity index (χ3v) is 7.43. The molecule has 0 spiro atoms. The lowest BCUT2D eigenvalue weighted by Gasteiger charge is -2.20. The molecule has 4 nitrogen and oxygen atoms in total. The van der Waals surface area contributed by atoms with Crippen molar-refractivity contribution in [1.29, 1.82) is 5.26 Å². The molecule has 0 heterocycles. The van der Waals surface area contributed by atoms with Crippen LogP contribution in [0.2, 0.25) is 0 Å². The van der Waals surface area contributed by atoms with E-state index in [0.717, 1.165) is 28.9 Å². The number of hydrogen-bond acceptors (Lipinski definition) is 5. The molecule has 2 unspecified atom stereocenters. The molecule has 0 fully saturated rings. The van der Waals surface area contributed by atoms with Crippen LogP contribution in [0.4, 0.5) is 0 Å². The van der Waals surface area contributed by atoms with Gasteiger partial charge in [-0.25, -0.2) is 4.57 Å². The molecule has 0 amide bonds. The molecular weight excluding hydrogens is 353 g/mol. The van der Waals surface area contributed by atoms with Crippen molar-refractivity contribution in [3.8, 4) is 17.2 Å². The van der Waals surface area contributed by atoms with Gasteiger partial charge in [-0.2, -0.15) is 5.26 Å². The summed E-state index contributed by atoms with van der Waals surface area (Å²) in [5.74, 6) is 0.655. The van der Waals surface area contributed by atoms with Crippen LogP contribution >= 0.6 is 18.2 Å². The topological polar surface area (TPSA) is 59.3 Å². The monoisotopic (exact) mass is 375 g/mol. The van der Waals surface area contributed by atoms with E-state index in [1.807, 2.05) is 61.5 Å². The summed E-state index contributed by atoms with van der Waals surface area (Å²) < 4.78 is 23.7. The van der Waals surface area contributed by atoms with E-state index < -0.39 is 12.9 Å². The van der Waals surface area contributed by atoms with E-state index in [1.165, 1.54) is 0 Å². The molecule has 2 aromatic carbocycles. The summed E-state index contributed by atoms with van der Waals surface area (Å²) in [7, 11) is 0. The predicted molar refractivity (Wildman–Crippen MR) is 103 cm³/mol. The lowest BCUT2D eigenvalue weighted by atomic mass is 10.0. The van der Waals surface area contributed by atoms with Crippen LogP contribution in [-0.2, 0) is 13.6 Å². The van der Waals surface area contributed by atoms with Crippen molar-refractivity contribution in [2.75, 3.05) is 12.4 Å². The second kappa shape index (κ2) is 9.79. The Morgan fingerprint density at radius 2 is 1.72 bits per heavy atom. The first-order chi connectivity index (χ1) is 12.1. The predicted octanol–water partition coefficient (Wildman–Crippen LogP) is 6.22. The minimum absolute atomic E-state index is 0.277. The largest absolute Gasteiger partial charge is 0.390 e. The summed E-state index contributed by atoms with van der Waals surface area (Å²) >= 11 is 1.15. The highest BCUT2D eigenvalue weighted by Crippen LogP contribution is 2.63. The van der Waals surface area contributed by atoms with Crippen molar-refractivity contribution >= 4 is 18.2 Å². The molecule has 132 valence electrons. The Bertz CT molecular complexity index is 744. The summed E-state index contributed by atoms with van der Waals surface area (Å²) in [6.07, 6.45) is -0.0692. The van der Waals surface area contributed by atoms with Crippen LogP contribution in [0.25, 0.3) is 11.1 Å². The first kappa shape index (κ1) is 19.8. The third-order valence-electron chi connectivity index (χ3n) is 3.41. The number of nitriles is 1. The third kappa shape index (κ3) is 5.73. The molecular formula is C19H22NO3PS. The maximum atomic E-state index is 12.8. The van der Waals surface area contributed by atoms with Gasteiger partial charge in [0.2, 0.25) is 0 Å². The molecule has 2 aromatic rings. The van der Waals surface area contributed by atoms with Crippen molar-refractivity contribution in [3.05, 3.63) is 60.2 Å². The van der Waals surface area contributed by atoms with Crippen LogP contribution in [0.5, 0.6) is 0 Å². The molecule has 0 aromatic heterocycles. The minimum Gasteiger partial charge on any atom is -0.301 e. The smallest absolute Gasteiger partial charge is 0.301 e. The molecule has 0 aliphatic carbocycles. The van der Waals surface area contributed by atoms with Gasteiger partial charge in [-0.05, 0) is 41.4 Å². The molecule has 2 rings (SSSR count). The van der Waals surface area contributed by atoms with Gasteiger partial charge in [0, 0.05) is 5.75 Å². The highest BCUT2D eigenvalue weighted by Gasteiger charge is 2.30. The Hall–Kier alpha value is -1.57. The summed E-state index contributed by atoms with van der Waals surface area (Å²) in [5, 5.41) is 9.46. The van der Waals surface area contributed by atoms with E-state index in [0.29, 0.717) is 11.3 Å². The van der Waals surface area contributed by atoms with Crippen molar-refractivity contribution in [2.24, 2.45) is 0 Å². The average Bonchev–Trinajstić information content (AvgIpc) is 2.66. The molecule has 0 saturated carbocycles. The SMILES string of the molecule is CCCSP(=O)(OCC)OC(C#N)c1ccc(-c2ccccc2)cc1. The van der Waals surface area contributed by atoms with E-state index >= 15 is 0 Å². The Labute approximate surface area is 153 Å². The van der Waals surface area contributed by atoms with Crippen molar-refractivity contribution in [3.63, 3.8) is 0 Å². The van der Waals surface area contributed by atoms with Gasteiger partial charge in [-0.3, -0.25) is 4.52 Å². The molecule has 2 atom stereocenters. The second-order valence-electron chi connectivity index (χ2n) is 5.30. The molecule has 0 aliphatic rings. The fourth-order valence-electron chi connectivity index (χ4n) is 2.23. The van der Waals surface area contributed by atoms with Gasteiger partial charge in [0.25, 0.3) is 0 Å². The van der Waals surface area contributed by atoms with Crippen molar-refractivity contribution < 1.29 is 13.6 Å². The van der Waals surface area contributed by atoms with Crippen LogP contribution in [0.15, 0.2) is 54.6 Å². The van der Waals surface area contributed by atoms with E-state index in [9.17, 15) is 9.83 Å². The van der Waals surface area contributed by atoms with E-state index in [4.69, 9.17) is 9.05 Å². The van der Waals surface area contributed by atoms with Gasteiger partial charge < -0.3 is 4.52 Å². The van der Waals surface area contributed by atoms with E-state index in [2.05, 4.69) is 6.07 Å². The van der Waals surface area contributed by atoms with Crippen LogP contribution < -0.4 is 0 Å². The number of nitrogens with zero attached hydrogens (tertiary/aromatic N) is 1. The van der Waals surface area contributed by atoms with Crippen LogP contribution in [0.3, 0.4) is 0 Å². The summed E-state index contributed by atoms with van der Waals surface area (Å²) in [6.45, 7) is 0.683. The lowest BCUT2D eigenvalue weighted by Crippen LogP contribution is -2.02. The van der Waals surface area contributed by atoms with E-state index in [-0.39, 0.29) is 6.61 Å². The van der Waals surface area contributed by atoms with Crippen molar-refractivity contribution in [1.82, 2.24) is 0 Å². The first-order valence-corrected chi connectivity index (χ1v) is 11.4. The van der Waals surface area contributed by atoms with Gasteiger partial charge in [0.05, 0.1) is 12.7 Å². The molecule has 0 N–H and O–H groups in total. The minimum atomic E-state index is -3.35. The zero-order valence-corrected chi connectivity index (χ0v) is 16.1. The number of rotatable bonds is 9. The second-order valence-corrected chi connectivity index (χ2v) is 9.45. The number of hydrogen-bond donors (Lipinski definition) is 0. The van der Waals surface area contributed by atoms with Gasteiger partial charge >= 0.3 is 6.80 Å². The molecule has 0 bridgehead atoms. The normalized spacial score (nSPS) is 14.4.